The standard InChI is InChI=1S/C16H9F9.C5H12.C2H6/c1-3-4(2)5-6(9(18)13(22)12(21)8(5)17)7-10(19)14(23)16(25)15(24)11(7)20;1-3-5-4-2;1-2/h4H,3H2,1-2H3;3-5H2,1-2H3;1-2H3. The van der Waals surface area contributed by atoms with E-state index in [1.807, 2.05) is 13.8 Å². The van der Waals surface area contributed by atoms with Gasteiger partial charge in [0.15, 0.2) is 46.5 Å². The van der Waals surface area contributed by atoms with Gasteiger partial charge in [0.05, 0.1) is 5.56 Å². The lowest BCUT2D eigenvalue weighted by Crippen LogP contribution is -2.12. The van der Waals surface area contributed by atoms with E-state index < -0.39 is 75.0 Å². The zero-order chi connectivity index (χ0) is 25.3. The first-order valence-electron chi connectivity index (χ1n) is 10.3. The van der Waals surface area contributed by atoms with Crippen LogP contribution >= 0.6 is 0 Å². The first kappa shape index (κ1) is 29.8. The first-order chi connectivity index (χ1) is 15.0. The molecule has 0 saturated carbocycles. The Balaban J connectivity index is 0.00000121. The van der Waals surface area contributed by atoms with E-state index in [4.69, 9.17) is 0 Å². The molecule has 0 amide bonds. The summed E-state index contributed by atoms with van der Waals surface area (Å²) in [4.78, 5) is 0. The quantitative estimate of drug-likeness (QED) is 0.230. The molecular formula is C23H27F9. The monoisotopic (exact) mass is 474 g/mol. The van der Waals surface area contributed by atoms with Crippen molar-refractivity contribution in [3.8, 4) is 11.1 Å². The summed E-state index contributed by atoms with van der Waals surface area (Å²) < 4.78 is 123. The molecule has 0 nitrogen and oxygen atoms in total. The van der Waals surface area contributed by atoms with Gasteiger partial charge in [0.1, 0.15) is 0 Å². The zero-order valence-corrected chi connectivity index (χ0v) is 18.8. The lowest BCUT2D eigenvalue weighted by atomic mass is 9.88. The Morgan fingerprint density at radius 2 is 0.812 bits per heavy atom. The van der Waals surface area contributed by atoms with Gasteiger partial charge in [0, 0.05) is 11.1 Å². The summed E-state index contributed by atoms with van der Waals surface area (Å²) in [6.45, 7) is 11.0. The summed E-state index contributed by atoms with van der Waals surface area (Å²) in [6, 6.07) is 0. The third kappa shape index (κ3) is 5.98. The van der Waals surface area contributed by atoms with E-state index in [1.54, 1.807) is 0 Å². The summed E-state index contributed by atoms with van der Waals surface area (Å²) in [5.41, 5.74) is -4.43. The van der Waals surface area contributed by atoms with Gasteiger partial charge in [-0.1, -0.05) is 60.8 Å². The molecule has 1 unspecified atom stereocenters. The van der Waals surface area contributed by atoms with Crippen LogP contribution in [-0.4, -0.2) is 0 Å². The maximum absolute atomic E-state index is 14.2. The SMILES string of the molecule is CC.CCC(C)c1c(F)c(F)c(F)c(F)c1-c1c(F)c(F)c(F)c(F)c1F.CCCCC. The lowest BCUT2D eigenvalue weighted by molar-refractivity contribution is 0.378. The van der Waals surface area contributed by atoms with Gasteiger partial charge in [-0.15, -0.1) is 0 Å². The van der Waals surface area contributed by atoms with Gasteiger partial charge >= 0.3 is 0 Å². The molecule has 2 aromatic carbocycles. The van der Waals surface area contributed by atoms with Crippen molar-refractivity contribution in [3.63, 3.8) is 0 Å². The molecule has 182 valence electrons. The fraction of sp³-hybridized carbons (Fsp3) is 0.478. The van der Waals surface area contributed by atoms with Crippen molar-refractivity contribution in [2.24, 2.45) is 0 Å². The third-order valence-electron chi connectivity index (χ3n) is 4.58. The predicted molar refractivity (Wildman–Crippen MR) is 107 cm³/mol. The highest BCUT2D eigenvalue weighted by atomic mass is 19.2. The summed E-state index contributed by atoms with van der Waals surface area (Å²) in [6.07, 6.45) is 4.05. The fourth-order valence-electron chi connectivity index (χ4n) is 2.74. The second kappa shape index (κ2) is 13.4. The summed E-state index contributed by atoms with van der Waals surface area (Å²) in [5, 5.41) is 0. The van der Waals surface area contributed by atoms with Gasteiger partial charge in [-0.2, -0.15) is 0 Å². The maximum atomic E-state index is 14.2. The van der Waals surface area contributed by atoms with Gasteiger partial charge < -0.3 is 0 Å². The van der Waals surface area contributed by atoms with Gasteiger partial charge in [0.2, 0.25) is 5.82 Å². The van der Waals surface area contributed by atoms with Gasteiger partial charge in [0.25, 0.3) is 0 Å². The number of hydrogen-bond acceptors (Lipinski definition) is 0. The molecule has 2 rings (SSSR count). The molecule has 2 aromatic rings. The van der Waals surface area contributed by atoms with Gasteiger partial charge in [-0.05, 0) is 12.3 Å². The first-order valence-corrected chi connectivity index (χ1v) is 10.3. The molecule has 0 spiro atoms. The Bertz CT molecular complexity index is 877. The smallest absolute Gasteiger partial charge is 0.200 e. The zero-order valence-electron chi connectivity index (χ0n) is 18.8. The molecule has 0 aromatic heterocycles. The average molecular weight is 474 g/mol. The van der Waals surface area contributed by atoms with Gasteiger partial charge in [-0.3, -0.25) is 0 Å². The molecule has 0 fully saturated rings. The molecule has 1 atom stereocenters. The largest absolute Gasteiger partial charge is 0.203 e. The van der Waals surface area contributed by atoms with E-state index in [0.717, 1.165) is 0 Å². The normalized spacial score (nSPS) is 11.3. The minimum Gasteiger partial charge on any atom is -0.203 e. The number of halogens is 9. The van der Waals surface area contributed by atoms with Crippen molar-refractivity contribution in [3.05, 3.63) is 57.9 Å². The van der Waals surface area contributed by atoms with E-state index in [1.165, 1.54) is 33.1 Å². The molecule has 0 radical (unpaired) electrons. The molecule has 0 saturated heterocycles. The minimum absolute atomic E-state index is 0.0240. The molecule has 0 heterocycles. The average Bonchev–Trinajstić information content (AvgIpc) is 2.80. The third-order valence-corrected chi connectivity index (χ3v) is 4.58. The van der Waals surface area contributed by atoms with Crippen molar-refractivity contribution >= 4 is 0 Å². The van der Waals surface area contributed by atoms with Crippen molar-refractivity contribution in [1.29, 1.82) is 0 Å². The van der Waals surface area contributed by atoms with Crippen LogP contribution in [0.3, 0.4) is 0 Å². The fourth-order valence-corrected chi connectivity index (χ4v) is 2.74. The van der Waals surface area contributed by atoms with E-state index in [-0.39, 0.29) is 6.42 Å². The highest BCUT2D eigenvalue weighted by Gasteiger charge is 2.35. The second-order valence-corrected chi connectivity index (χ2v) is 6.65. The van der Waals surface area contributed by atoms with Crippen molar-refractivity contribution in [2.45, 2.75) is 73.1 Å². The van der Waals surface area contributed by atoms with E-state index >= 15 is 0 Å². The van der Waals surface area contributed by atoms with Crippen molar-refractivity contribution in [2.75, 3.05) is 0 Å². The number of hydrogen-bond donors (Lipinski definition) is 0. The van der Waals surface area contributed by atoms with Crippen molar-refractivity contribution in [1.82, 2.24) is 0 Å². The van der Waals surface area contributed by atoms with E-state index in [2.05, 4.69) is 13.8 Å². The van der Waals surface area contributed by atoms with Gasteiger partial charge in [-0.25, -0.2) is 39.5 Å². The van der Waals surface area contributed by atoms with Crippen molar-refractivity contribution < 1.29 is 39.5 Å². The number of benzene rings is 2. The van der Waals surface area contributed by atoms with Crippen LogP contribution in [-0.2, 0) is 0 Å². The summed E-state index contributed by atoms with van der Waals surface area (Å²) in [5.74, 6) is -22.3. The highest BCUT2D eigenvalue weighted by Crippen LogP contribution is 2.41. The number of unbranched alkanes of at least 4 members (excludes halogenated alkanes) is 2. The van der Waals surface area contributed by atoms with Crippen LogP contribution in [0.1, 0.15) is 78.7 Å². The van der Waals surface area contributed by atoms with E-state index in [9.17, 15) is 39.5 Å². The Hall–Kier alpha value is -2.19. The van der Waals surface area contributed by atoms with Crippen LogP contribution in [0, 0.1) is 52.4 Å². The van der Waals surface area contributed by atoms with E-state index in [0.29, 0.717) is 0 Å². The Kier molecular flexibility index (Phi) is 12.5. The topological polar surface area (TPSA) is 0 Å². The Labute approximate surface area is 182 Å². The Morgan fingerprint density at radius 3 is 1.12 bits per heavy atom. The van der Waals surface area contributed by atoms with Crippen LogP contribution in [0.25, 0.3) is 11.1 Å². The predicted octanol–water partition coefficient (Wildman–Crippen LogP) is 9.34. The molecule has 0 aliphatic heterocycles. The molecule has 0 N–H and O–H groups in total. The maximum Gasteiger partial charge on any atom is 0.200 e. The molecule has 32 heavy (non-hydrogen) atoms. The second-order valence-electron chi connectivity index (χ2n) is 6.65. The molecule has 0 aliphatic rings. The number of rotatable bonds is 5. The Morgan fingerprint density at radius 1 is 0.500 bits per heavy atom. The van der Waals surface area contributed by atoms with Crippen LogP contribution < -0.4 is 0 Å². The molecular weight excluding hydrogens is 447 g/mol. The lowest BCUT2D eigenvalue weighted by Gasteiger charge is -2.19. The van der Waals surface area contributed by atoms with Crippen LogP contribution in [0.5, 0.6) is 0 Å². The molecule has 9 heteroatoms. The van der Waals surface area contributed by atoms with Crippen LogP contribution in [0.2, 0.25) is 0 Å². The highest BCUT2D eigenvalue weighted by molar-refractivity contribution is 5.71. The summed E-state index contributed by atoms with van der Waals surface area (Å²) >= 11 is 0. The minimum atomic E-state index is -2.52. The van der Waals surface area contributed by atoms with Crippen LogP contribution in [0.15, 0.2) is 0 Å². The molecule has 0 bridgehead atoms. The molecule has 0 aliphatic carbocycles. The van der Waals surface area contributed by atoms with Crippen LogP contribution in [0.4, 0.5) is 39.5 Å². The summed E-state index contributed by atoms with van der Waals surface area (Å²) in [7, 11) is 0.